The number of thiazole rings is 1. The Morgan fingerprint density at radius 3 is 2.60 bits per heavy atom. The first kappa shape index (κ1) is 27.7. The highest BCUT2D eigenvalue weighted by molar-refractivity contribution is 7.18. The van der Waals surface area contributed by atoms with Crippen molar-refractivity contribution >= 4 is 44.8 Å². The van der Waals surface area contributed by atoms with Gasteiger partial charge in [-0.15, -0.1) is 0 Å². The van der Waals surface area contributed by atoms with Gasteiger partial charge in [-0.25, -0.2) is 0 Å². The number of Topliss-reactive ketones (excluding diaryl/α,β-unsaturated/α-hetero) is 1. The fourth-order valence-electron chi connectivity index (χ4n) is 5.34. The summed E-state index contributed by atoms with van der Waals surface area (Å²) in [6, 6.07) is 12.8. The number of carbonyl (C=O) groups excluding carboxylic acids is 1. The number of rotatable bonds is 10. The molecule has 1 aromatic heterocycles. The lowest BCUT2D eigenvalue weighted by atomic mass is 9.80. The molecule has 2 aliphatic rings. The third-order valence-corrected chi connectivity index (χ3v) is 8.55. The molecule has 40 heavy (non-hydrogen) atoms. The van der Waals surface area contributed by atoms with Gasteiger partial charge in [-0.1, -0.05) is 49.1 Å². The smallest absolute Gasteiger partial charge is 0.271 e. The number of aryl methyl sites for hydroxylation is 1. The molecule has 0 bridgehead atoms. The highest BCUT2D eigenvalue weighted by atomic mass is 32.1. The molecule has 0 amide bonds. The number of nitro groups is 1. The van der Waals surface area contributed by atoms with Crippen LogP contribution in [-0.4, -0.2) is 44.2 Å². The number of allylic oxidation sites excluding steroid dienone is 4. The van der Waals surface area contributed by atoms with Crippen LogP contribution >= 0.6 is 11.3 Å². The first-order valence-corrected chi connectivity index (χ1v) is 14.0. The van der Waals surface area contributed by atoms with Crippen LogP contribution in [0.3, 0.4) is 0 Å². The van der Waals surface area contributed by atoms with Gasteiger partial charge in [-0.2, -0.15) is 4.57 Å². The first-order valence-electron chi connectivity index (χ1n) is 13.1. The summed E-state index contributed by atoms with van der Waals surface area (Å²) < 4.78 is 13.5. The van der Waals surface area contributed by atoms with E-state index in [0.717, 1.165) is 27.2 Å². The number of ether oxygens (including phenoxy) is 2. The predicted octanol–water partition coefficient (Wildman–Crippen LogP) is 4.04. The molecule has 2 aromatic carbocycles. The molecule has 0 radical (unpaired) electrons. The molecule has 10 heteroatoms. The minimum Gasteiger partial charge on any atom is -0.871 e. The summed E-state index contributed by atoms with van der Waals surface area (Å²) in [7, 11) is 1.63. The summed E-state index contributed by atoms with van der Waals surface area (Å²) in [4.78, 5) is 26.2. The number of ketones is 1. The number of benzene rings is 2. The van der Waals surface area contributed by atoms with E-state index >= 15 is 0 Å². The number of hydrogen-bond acceptors (Lipinski definition) is 8. The van der Waals surface area contributed by atoms with Gasteiger partial charge in [-0.3, -0.25) is 14.9 Å². The Morgan fingerprint density at radius 1 is 1.12 bits per heavy atom. The number of methoxy groups -OCH3 is 1. The van der Waals surface area contributed by atoms with Gasteiger partial charge in [0.15, 0.2) is 5.78 Å². The number of fused-ring (bicyclic) bond motifs is 2. The minimum absolute atomic E-state index is 0.00285. The van der Waals surface area contributed by atoms with E-state index in [1.165, 1.54) is 23.5 Å². The summed E-state index contributed by atoms with van der Waals surface area (Å²) in [6.45, 7) is 8.76. The van der Waals surface area contributed by atoms with Crippen molar-refractivity contribution in [2.45, 2.75) is 32.7 Å². The van der Waals surface area contributed by atoms with Crippen LogP contribution in [-0.2, 0) is 26.2 Å². The maximum atomic E-state index is 13.3. The zero-order valence-corrected chi connectivity index (χ0v) is 23.7. The Morgan fingerprint density at radius 2 is 1.90 bits per heavy atom. The van der Waals surface area contributed by atoms with Crippen molar-refractivity contribution in [3.63, 3.8) is 0 Å². The van der Waals surface area contributed by atoms with E-state index in [1.54, 1.807) is 25.3 Å². The third-order valence-electron chi connectivity index (χ3n) is 7.46. The molecule has 0 N–H and O–H groups in total. The first-order chi connectivity index (χ1) is 19.2. The second-order valence-electron chi connectivity index (χ2n) is 10.2. The zero-order valence-electron chi connectivity index (χ0n) is 22.9. The van der Waals surface area contributed by atoms with E-state index in [1.807, 2.05) is 29.7 Å². The van der Waals surface area contributed by atoms with Crippen molar-refractivity contribution < 1.29 is 28.9 Å². The lowest BCUT2D eigenvalue weighted by Crippen LogP contribution is -2.35. The Kier molecular flexibility index (Phi) is 7.59. The Labute approximate surface area is 236 Å². The number of hydrogen-bond donors (Lipinski definition) is 0. The van der Waals surface area contributed by atoms with Gasteiger partial charge in [0.2, 0.25) is 5.52 Å². The quantitative estimate of drug-likeness (QED) is 0.121. The van der Waals surface area contributed by atoms with Crippen molar-refractivity contribution in [1.82, 2.24) is 0 Å². The SMILES string of the molecule is CC[n+]1c(C=C2C(=O)C(/C=C3\N(CCOCCOC)c4ccccc4C3(C)C)=C2[O-])sc2cc([N+](=O)[O-])ccc21. The van der Waals surface area contributed by atoms with Gasteiger partial charge in [0.25, 0.3) is 10.7 Å². The number of para-hydroxylation sites is 1. The van der Waals surface area contributed by atoms with Crippen molar-refractivity contribution in [2.24, 2.45) is 0 Å². The van der Waals surface area contributed by atoms with Crippen LogP contribution in [0, 0.1) is 10.1 Å². The fourth-order valence-corrected chi connectivity index (χ4v) is 6.54. The monoisotopic (exact) mass is 561 g/mol. The molecular formula is C30H31N3O6S. The van der Waals surface area contributed by atoms with E-state index < -0.39 is 10.3 Å². The van der Waals surface area contributed by atoms with Crippen molar-refractivity contribution in [3.8, 4) is 0 Å². The lowest BCUT2D eigenvalue weighted by Gasteiger charge is -2.32. The summed E-state index contributed by atoms with van der Waals surface area (Å²) in [6.07, 6.45) is 3.35. The van der Waals surface area contributed by atoms with E-state index in [2.05, 4.69) is 24.8 Å². The summed E-state index contributed by atoms with van der Waals surface area (Å²) in [5.74, 6) is -0.599. The molecule has 5 rings (SSSR count). The Balaban J connectivity index is 1.49. The summed E-state index contributed by atoms with van der Waals surface area (Å²) >= 11 is 1.32. The highest BCUT2D eigenvalue weighted by Gasteiger charge is 2.41. The molecule has 0 spiro atoms. The van der Waals surface area contributed by atoms with Gasteiger partial charge in [-0.05, 0) is 24.6 Å². The van der Waals surface area contributed by atoms with E-state index in [9.17, 15) is 20.0 Å². The molecule has 1 aliphatic heterocycles. The molecule has 0 fully saturated rings. The van der Waals surface area contributed by atoms with E-state index in [0.29, 0.717) is 37.9 Å². The summed E-state index contributed by atoms with van der Waals surface area (Å²) in [5.41, 5.74) is 3.72. The standard InChI is InChI=1S/C30H31N3O6S/c1-5-31-24-11-10-19(33(36)37)16-25(24)40-27(31)18-21-28(34)20(29(21)35)17-26-30(2,3)22-8-6-7-9-23(22)32(26)12-13-39-15-14-38-4/h6-11,16-18H,5,12-15H2,1-4H3. The number of anilines is 1. The lowest BCUT2D eigenvalue weighted by molar-refractivity contribution is -0.665. The van der Waals surface area contributed by atoms with Gasteiger partial charge in [0.1, 0.15) is 11.2 Å². The van der Waals surface area contributed by atoms with Gasteiger partial charge >= 0.3 is 0 Å². The van der Waals surface area contributed by atoms with Gasteiger partial charge < -0.3 is 19.5 Å². The Hall–Kier alpha value is -3.86. The van der Waals surface area contributed by atoms with Crippen LogP contribution in [0.5, 0.6) is 0 Å². The number of nitro benzene ring substituents is 1. The zero-order chi connectivity index (χ0) is 28.6. The predicted molar refractivity (Wildman–Crippen MR) is 152 cm³/mol. The molecule has 208 valence electrons. The number of aromatic nitrogens is 1. The van der Waals surface area contributed by atoms with Gasteiger partial charge in [0.05, 0.1) is 24.7 Å². The largest absolute Gasteiger partial charge is 0.871 e. The molecule has 0 saturated heterocycles. The van der Waals surface area contributed by atoms with Crippen LogP contribution in [0.4, 0.5) is 11.4 Å². The van der Waals surface area contributed by atoms with E-state index in [4.69, 9.17) is 9.47 Å². The van der Waals surface area contributed by atoms with Crippen LogP contribution in [0.2, 0.25) is 0 Å². The Bertz CT molecular complexity index is 1600. The topological polar surface area (TPSA) is 109 Å². The normalized spacial score (nSPS) is 18.2. The maximum absolute atomic E-state index is 13.3. The molecular weight excluding hydrogens is 530 g/mol. The molecule has 9 nitrogen and oxygen atoms in total. The number of nitrogens with zero attached hydrogens (tertiary/aromatic N) is 3. The second-order valence-corrected chi connectivity index (χ2v) is 11.2. The molecule has 0 saturated carbocycles. The maximum Gasteiger partial charge on any atom is 0.271 e. The average Bonchev–Trinajstić information content (AvgIpc) is 3.40. The van der Waals surface area contributed by atoms with Crippen molar-refractivity contribution in [2.75, 3.05) is 38.4 Å². The summed E-state index contributed by atoms with van der Waals surface area (Å²) in [5, 5.41) is 25.2. The fraction of sp³-hybridized carbons (Fsp3) is 0.333. The van der Waals surface area contributed by atoms with Crippen LogP contribution in [0.25, 0.3) is 16.3 Å². The average molecular weight is 562 g/mol. The van der Waals surface area contributed by atoms with Gasteiger partial charge in [0, 0.05) is 65.9 Å². The second kappa shape index (κ2) is 11.0. The highest BCUT2D eigenvalue weighted by Crippen LogP contribution is 2.48. The minimum atomic E-state index is -0.431. The van der Waals surface area contributed by atoms with E-state index in [-0.39, 0.29) is 28.4 Å². The molecule has 3 aromatic rings. The van der Waals surface area contributed by atoms with Crippen LogP contribution in [0.15, 0.2) is 71.1 Å². The number of carbonyl (C=O) groups is 1. The van der Waals surface area contributed by atoms with Crippen LogP contribution < -0.4 is 14.6 Å². The molecule has 0 atom stereocenters. The molecule has 1 aliphatic carbocycles. The molecule has 0 unspecified atom stereocenters. The molecule has 2 heterocycles. The van der Waals surface area contributed by atoms with Crippen molar-refractivity contribution in [1.29, 1.82) is 0 Å². The number of non-ortho nitro benzene ring substituents is 1. The van der Waals surface area contributed by atoms with Crippen LogP contribution in [0.1, 0.15) is 31.3 Å². The van der Waals surface area contributed by atoms with Crippen molar-refractivity contribution in [3.05, 3.63) is 91.8 Å². The third kappa shape index (κ3) is 4.72.